The highest BCUT2D eigenvalue weighted by Crippen LogP contribution is 2.20. The summed E-state index contributed by atoms with van der Waals surface area (Å²) in [7, 11) is 1.35. The van der Waals surface area contributed by atoms with Crippen molar-refractivity contribution >= 4 is 16.0 Å². The zero-order chi connectivity index (χ0) is 21.2. The van der Waals surface area contributed by atoms with Gasteiger partial charge in [-0.1, -0.05) is 32.9 Å². The Morgan fingerprint density at radius 3 is 2.50 bits per heavy atom. The molecule has 28 heavy (non-hydrogen) atoms. The third kappa shape index (κ3) is 8.14. The minimum absolute atomic E-state index is 0.000885. The normalized spacial score (nSPS) is 14.0. The molecular formula is C19H34N4O4S. The number of rotatable bonds is 10. The minimum atomic E-state index is -3.56. The van der Waals surface area contributed by atoms with Crippen molar-refractivity contribution in [1.82, 2.24) is 15.4 Å². The minimum Gasteiger partial charge on any atom is -0.383 e. The van der Waals surface area contributed by atoms with Crippen LogP contribution in [0.3, 0.4) is 0 Å². The van der Waals surface area contributed by atoms with Crippen LogP contribution in [0.15, 0.2) is 34.2 Å². The van der Waals surface area contributed by atoms with Gasteiger partial charge in [-0.25, -0.2) is 13.1 Å². The second-order valence-corrected chi connectivity index (χ2v) is 9.20. The quantitative estimate of drug-likeness (QED) is 0.303. The first kappa shape index (κ1) is 24.4. The predicted octanol–water partition coefficient (Wildman–Crippen LogP) is 1.34. The van der Waals surface area contributed by atoms with Crippen molar-refractivity contribution in [1.29, 1.82) is 0 Å². The maximum Gasteiger partial charge on any atom is 0.240 e. The average Bonchev–Trinajstić information content (AvgIpc) is 2.64. The molecule has 160 valence electrons. The van der Waals surface area contributed by atoms with Crippen LogP contribution in [0.1, 0.15) is 26.3 Å². The first-order valence-corrected chi connectivity index (χ1v) is 10.7. The van der Waals surface area contributed by atoms with Crippen molar-refractivity contribution < 1.29 is 17.9 Å². The van der Waals surface area contributed by atoms with Crippen molar-refractivity contribution in [3.63, 3.8) is 0 Å². The highest BCUT2D eigenvalue weighted by molar-refractivity contribution is 7.89. The van der Waals surface area contributed by atoms with Crippen LogP contribution in [0.4, 0.5) is 0 Å². The van der Waals surface area contributed by atoms with Crippen LogP contribution in [0, 0.1) is 5.41 Å². The van der Waals surface area contributed by atoms with Gasteiger partial charge in [-0.3, -0.25) is 4.99 Å². The Morgan fingerprint density at radius 1 is 1.21 bits per heavy atom. The molecule has 1 aromatic carbocycles. The molecule has 0 radical (unpaired) electrons. The largest absolute Gasteiger partial charge is 0.383 e. The number of nitrogens with one attached hydrogen (secondary N) is 3. The lowest BCUT2D eigenvalue weighted by atomic mass is 9.89. The van der Waals surface area contributed by atoms with E-state index in [0.29, 0.717) is 25.7 Å². The molecule has 3 N–H and O–H groups in total. The molecule has 0 amide bonds. The molecule has 0 spiro atoms. The molecule has 0 heterocycles. The molecule has 9 heteroatoms. The molecule has 8 nitrogen and oxygen atoms in total. The summed E-state index contributed by atoms with van der Waals surface area (Å²) in [5.41, 5.74) is 0.829. The number of nitrogens with zero attached hydrogens (tertiary/aromatic N) is 1. The van der Waals surface area contributed by atoms with E-state index in [4.69, 9.17) is 9.47 Å². The molecular weight excluding hydrogens is 380 g/mol. The van der Waals surface area contributed by atoms with Crippen molar-refractivity contribution in [3.05, 3.63) is 29.8 Å². The Morgan fingerprint density at radius 2 is 1.93 bits per heavy atom. The Labute approximate surface area is 169 Å². The van der Waals surface area contributed by atoms with Gasteiger partial charge < -0.3 is 20.1 Å². The molecule has 0 aliphatic heterocycles. The zero-order valence-corrected chi connectivity index (χ0v) is 18.5. The molecule has 0 aliphatic rings. The number of ether oxygens (including phenoxy) is 2. The Hall–Kier alpha value is -1.68. The van der Waals surface area contributed by atoms with Crippen LogP contribution < -0.4 is 15.4 Å². The Balaban J connectivity index is 2.68. The van der Waals surface area contributed by atoms with Crippen LogP contribution >= 0.6 is 0 Å². The number of sulfonamides is 1. The van der Waals surface area contributed by atoms with Gasteiger partial charge in [0.1, 0.15) is 0 Å². The van der Waals surface area contributed by atoms with Crippen LogP contribution in [0.25, 0.3) is 0 Å². The highest BCUT2D eigenvalue weighted by atomic mass is 32.2. The predicted molar refractivity (Wildman–Crippen MR) is 112 cm³/mol. The lowest BCUT2D eigenvalue weighted by Crippen LogP contribution is -2.45. The van der Waals surface area contributed by atoms with Gasteiger partial charge in [-0.15, -0.1) is 0 Å². The van der Waals surface area contributed by atoms with Crippen LogP contribution in [-0.2, 0) is 26.0 Å². The van der Waals surface area contributed by atoms with E-state index in [-0.39, 0.29) is 23.0 Å². The molecule has 1 rings (SSSR count). The summed E-state index contributed by atoms with van der Waals surface area (Å²) in [5.74, 6) is 0.623. The second kappa shape index (κ2) is 11.4. The van der Waals surface area contributed by atoms with E-state index in [2.05, 4.69) is 41.1 Å². The number of aliphatic imine (C=N–C) groups is 1. The maximum absolute atomic E-state index is 12.3. The van der Waals surface area contributed by atoms with Gasteiger partial charge in [0.25, 0.3) is 0 Å². The van der Waals surface area contributed by atoms with E-state index in [1.807, 2.05) is 6.07 Å². The molecule has 0 bridgehead atoms. The molecule has 0 saturated carbocycles. The SMILES string of the molecule is CN=C(NCc1cccc(S(=O)(=O)NCCOC)c1)NCC(OC)C(C)(C)C. The molecule has 0 saturated heterocycles. The van der Waals surface area contributed by atoms with Crippen molar-refractivity contribution in [3.8, 4) is 0 Å². The van der Waals surface area contributed by atoms with Crippen molar-refractivity contribution in [2.24, 2.45) is 10.4 Å². The van der Waals surface area contributed by atoms with Gasteiger partial charge in [-0.05, 0) is 23.1 Å². The van der Waals surface area contributed by atoms with Gasteiger partial charge in [0.15, 0.2) is 5.96 Å². The van der Waals surface area contributed by atoms with E-state index in [9.17, 15) is 8.42 Å². The fourth-order valence-electron chi connectivity index (χ4n) is 2.52. The van der Waals surface area contributed by atoms with E-state index < -0.39 is 10.0 Å². The van der Waals surface area contributed by atoms with Gasteiger partial charge >= 0.3 is 0 Å². The molecule has 1 aromatic rings. The topological polar surface area (TPSA) is 101 Å². The summed E-state index contributed by atoms with van der Waals surface area (Å²) in [6.07, 6.45) is 0.0256. The zero-order valence-electron chi connectivity index (χ0n) is 17.7. The first-order valence-electron chi connectivity index (χ1n) is 9.19. The Kier molecular flexibility index (Phi) is 9.88. The summed E-state index contributed by atoms with van der Waals surface area (Å²) in [5, 5.41) is 6.44. The van der Waals surface area contributed by atoms with Gasteiger partial charge in [-0.2, -0.15) is 0 Å². The van der Waals surface area contributed by atoms with Gasteiger partial charge in [0.2, 0.25) is 10.0 Å². The van der Waals surface area contributed by atoms with Crippen LogP contribution in [-0.4, -0.2) is 61.4 Å². The van der Waals surface area contributed by atoms with E-state index in [1.54, 1.807) is 32.4 Å². The molecule has 0 fully saturated rings. The number of methoxy groups -OCH3 is 2. The second-order valence-electron chi connectivity index (χ2n) is 7.44. The summed E-state index contributed by atoms with van der Waals surface area (Å²) in [6.45, 7) is 7.94. The summed E-state index contributed by atoms with van der Waals surface area (Å²) < 4.78 is 37.6. The average molecular weight is 415 g/mol. The number of hydrogen-bond acceptors (Lipinski definition) is 5. The molecule has 0 aliphatic carbocycles. The maximum atomic E-state index is 12.3. The fraction of sp³-hybridized carbons (Fsp3) is 0.632. The number of hydrogen-bond donors (Lipinski definition) is 3. The fourth-order valence-corrected chi connectivity index (χ4v) is 3.61. The van der Waals surface area contributed by atoms with Gasteiger partial charge in [0, 0.05) is 40.9 Å². The molecule has 1 unspecified atom stereocenters. The van der Waals surface area contributed by atoms with E-state index >= 15 is 0 Å². The standard InChI is InChI=1S/C19H34N4O4S/c1-19(2,3)17(27-6)14-22-18(20-4)21-13-15-8-7-9-16(12-15)28(24,25)23-10-11-26-5/h7-9,12,17,23H,10-11,13-14H2,1-6H3,(H2,20,21,22). The summed E-state index contributed by atoms with van der Waals surface area (Å²) in [6, 6.07) is 6.79. The van der Waals surface area contributed by atoms with E-state index in [0.717, 1.165) is 5.56 Å². The van der Waals surface area contributed by atoms with Crippen molar-refractivity contribution in [2.45, 2.75) is 38.3 Å². The molecule has 1 atom stereocenters. The van der Waals surface area contributed by atoms with Crippen LogP contribution in [0.2, 0.25) is 0 Å². The third-order valence-electron chi connectivity index (χ3n) is 4.20. The lowest BCUT2D eigenvalue weighted by Gasteiger charge is -2.30. The Bertz CT molecular complexity index is 730. The lowest BCUT2D eigenvalue weighted by molar-refractivity contribution is 0.0205. The molecule has 0 aromatic heterocycles. The monoisotopic (exact) mass is 414 g/mol. The number of guanidine groups is 1. The summed E-state index contributed by atoms with van der Waals surface area (Å²) >= 11 is 0. The smallest absolute Gasteiger partial charge is 0.240 e. The number of benzene rings is 1. The van der Waals surface area contributed by atoms with Gasteiger partial charge in [0.05, 0.1) is 17.6 Å². The first-order chi connectivity index (χ1) is 13.1. The highest BCUT2D eigenvalue weighted by Gasteiger charge is 2.24. The third-order valence-corrected chi connectivity index (χ3v) is 5.65. The summed E-state index contributed by atoms with van der Waals surface area (Å²) in [4.78, 5) is 4.43. The van der Waals surface area contributed by atoms with Crippen LogP contribution in [0.5, 0.6) is 0 Å². The van der Waals surface area contributed by atoms with E-state index in [1.165, 1.54) is 7.11 Å². The van der Waals surface area contributed by atoms with Crippen molar-refractivity contribution in [2.75, 3.05) is 41.0 Å².